The molecule has 114 valence electrons. The Bertz CT molecular complexity index is 509. The number of hydrogen-bond acceptors (Lipinski definition) is 3. The molecule has 1 amide bonds. The summed E-state index contributed by atoms with van der Waals surface area (Å²) in [6.45, 7) is 8.45. The predicted octanol–water partition coefficient (Wildman–Crippen LogP) is 1.43. The molecule has 1 fully saturated rings. The zero-order valence-electron chi connectivity index (χ0n) is 12.9. The van der Waals surface area contributed by atoms with Gasteiger partial charge in [-0.2, -0.15) is 0 Å². The van der Waals surface area contributed by atoms with Crippen LogP contribution in [0.2, 0.25) is 0 Å². The van der Waals surface area contributed by atoms with Crippen LogP contribution in [0.4, 0.5) is 5.69 Å². The third-order valence-corrected chi connectivity index (χ3v) is 4.57. The van der Waals surface area contributed by atoms with E-state index in [0.29, 0.717) is 6.42 Å². The predicted molar refractivity (Wildman–Crippen MR) is 85.8 cm³/mol. The summed E-state index contributed by atoms with van der Waals surface area (Å²) < 4.78 is 0. The molecule has 0 radical (unpaired) electrons. The van der Waals surface area contributed by atoms with E-state index < -0.39 is 0 Å². The van der Waals surface area contributed by atoms with Gasteiger partial charge in [0.2, 0.25) is 5.91 Å². The first-order valence-corrected chi connectivity index (χ1v) is 8.13. The first kappa shape index (κ1) is 14.5. The average Bonchev–Trinajstić information content (AvgIpc) is 2.96. The van der Waals surface area contributed by atoms with E-state index in [9.17, 15) is 4.79 Å². The minimum absolute atomic E-state index is 0.238. The Morgan fingerprint density at radius 2 is 2.05 bits per heavy atom. The van der Waals surface area contributed by atoms with Crippen LogP contribution in [0.3, 0.4) is 0 Å². The molecular weight excluding hydrogens is 262 g/mol. The summed E-state index contributed by atoms with van der Waals surface area (Å²) in [6, 6.07) is 6.64. The maximum absolute atomic E-state index is 11.9. The van der Waals surface area contributed by atoms with Gasteiger partial charge < -0.3 is 15.1 Å². The molecule has 4 nitrogen and oxygen atoms in total. The van der Waals surface area contributed by atoms with Gasteiger partial charge in [0.1, 0.15) is 0 Å². The van der Waals surface area contributed by atoms with E-state index in [0.717, 1.165) is 57.8 Å². The van der Waals surface area contributed by atoms with Gasteiger partial charge in [-0.1, -0.05) is 19.1 Å². The van der Waals surface area contributed by atoms with Crippen LogP contribution in [-0.2, 0) is 17.6 Å². The summed E-state index contributed by atoms with van der Waals surface area (Å²) in [4.78, 5) is 16.4. The molecule has 0 atom stereocenters. The molecule has 1 aromatic rings. The molecule has 0 aromatic heterocycles. The number of amides is 1. The van der Waals surface area contributed by atoms with Crippen molar-refractivity contribution in [3.05, 3.63) is 29.3 Å². The Morgan fingerprint density at radius 1 is 1.24 bits per heavy atom. The Hall–Kier alpha value is -1.39. The van der Waals surface area contributed by atoms with Crippen LogP contribution < -0.4 is 10.2 Å². The van der Waals surface area contributed by atoms with Crippen LogP contribution >= 0.6 is 0 Å². The quantitative estimate of drug-likeness (QED) is 0.910. The maximum Gasteiger partial charge on any atom is 0.226 e. The van der Waals surface area contributed by atoms with E-state index in [-0.39, 0.29) is 5.91 Å². The van der Waals surface area contributed by atoms with Gasteiger partial charge in [-0.05, 0) is 30.0 Å². The fourth-order valence-corrected chi connectivity index (χ4v) is 3.28. The first-order valence-electron chi connectivity index (χ1n) is 8.13. The van der Waals surface area contributed by atoms with Crippen LogP contribution in [-0.4, -0.2) is 50.1 Å². The van der Waals surface area contributed by atoms with Crippen molar-refractivity contribution in [1.29, 1.82) is 0 Å². The summed E-state index contributed by atoms with van der Waals surface area (Å²) in [5.74, 6) is 0.238. The van der Waals surface area contributed by atoms with E-state index in [2.05, 4.69) is 28.4 Å². The van der Waals surface area contributed by atoms with Crippen LogP contribution in [0, 0.1) is 0 Å². The van der Waals surface area contributed by atoms with Gasteiger partial charge in [0.05, 0.1) is 0 Å². The molecule has 0 saturated carbocycles. The molecule has 0 spiro atoms. The van der Waals surface area contributed by atoms with Crippen LogP contribution in [0.15, 0.2) is 18.2 Å². The molecule has 4 heteroatoms. The Morgan fingerprint density at radius 3 is 2.81 bits per heavy atom. The summed E-state index contributed by atoms with van der Waals surface area (Å²) in [7, 11) is 0. The number of nitrogens with one attached hydrogen (secondary N) is 1. The normalized spacial score (nSPS) is 18.8. The van der Waals surface area contributed by atoms with Crippen molar-refractivity contribution < 1.29 is 4.79 Å². The third kappa shape index (κ3) is 3.27. The lowest BCUT2D eigenvalue weighted by Crippen LogP contribution is -2.44. The number of benzene rings is 1. The van der Waals surface area contributed by atoms with E-state index in [1.54, 1.807) is 0 Å². The van der Waals surface area contributed by atoms with E-state index in [4.69, 9.17) is 0 Å². The van der Waals surface area contributed by atoms with Gasteiger partial charge in [0, 0.05) is 51.4 Å². The highest BCUT2D eigenvalue weighted by Crippen LogP contribution is 2.29. The lowest BCUT2D eigenvalue weighted by Gasteiger charge is -2.27. The number of carbonyl (C=O) groups excluding carboxylic acids is 1. The SMILES string of the molecule is CCC(=O)N1CCc2cc(CCN3CCNCC3)ccc21. The molecule has 1 aromatic carbocycles. The van der Waals surface area contributed by atoms with Crippen molar-refractivity contribution in [1.82, 2.24) is 10.2 Å². The molecule has 21 heavy (non-hydrogen) atoms. The second kappa shape index (κ2) is 6.58. The third-order valence-electron chi connectivity index (χ3n) is 4.57. The molecule has 2 heterocycles. The molecule has 0 unspecified atom stereocenters. The number of carbonyl (C=O) groups is 1. The van der Waals surface area contributed by atoms with Crippen LogP contribution in [0.25, 0.3) is 0 Å². The molecule has 0 aliphatic carbocycles. The van der Waals surface area contributed by atoms with E-state index in [1.807, 2.05) is 11.8 Å². The monoisotopic (exact) mass is 287 g/mol. The molecular formula is C17H25N3O. The number of anilines is 1. The fraction of sp³-hybridized carbons (Fsp3) is 0.588. The minimum atomic E-state index is 0.238. The Labute approximate surface area is 127 Å². The summed E-state index contributed by atoms with van der Waals surface area (Å²) in [5, 5.41) is 3.39. The Balaban J connectivity index is 1.62. The topological polar surface area (TPSA) is 35.6 Å². The van der Waals surface area contributed by atoms with Gasteiger partial charge in [0.25, 0.3) is 0 Å². The average molecular weight is 287 g/mol. The van der Waals surface area contributed by atoms with Gasteiger partial charge in [-0.25, -0.2) is 0 Å². The van der Waals surface area contributed by atoms with Crippen LogP contribution in [0.5, 0.6) is 0 Å². The lowest BCUT2D eigenvalue weighted by molar-refractivity contribution is -0.118. The minimum Gasteiger partial charge on any atom is -0.314 e. The van der Waals surface area contributed by atoms with E-state index >= 15 is 0 Å². The molecule has 1 saturated heterocycles. The van der Waals surface area contributed by atoms with Crippen molar-refractivity contribution >= 4 is 11.6 Å². The molecule has 2 aliphatic rings. The molecule has 1 N–H and O–H groups in total. The van der Waals surface area contributed by atoms with Crippen molar-refractivity contribution in [2.45, 2.75) is 26.2 Å². The number of rotatable bonds is 4. The number of hydrogen-bond donors (Lipinski definition) is 1. The van der Waals surface area contributed by atoms with E-state index in [1.165, 1.54) is 11.1 Å². The first-order chi connectivity index (χ1) is 10.3. The van der Waals surface area contributed by atoms with Crippen molar-refractivity contribution in [3.8, 4) is 0 Å². The molecule has 2 aliphatic heterocycles. The number of nitrogens with zero attached hydrogens (tertiary/aromatic N) is 2. The molecule has 0 bridgehead atoms. The zero-order chi connectivity index (χ0) is 14.7. The number of fused-ring (bicyclic) bond motifs is 1. The maximum atomic E-state index is 11.9. The van der Waals surface area contributed by atoms with Gasteiger partial charge in [-0.3, -0.25) is 4.79 Å². The highest BCUT2D eigenvalue weighted by Gasteiger charge is 2.23. The fourth-order valence-electron chi connectivity index (χ4n) is 3.28. The second-order valence-electron chi connectivity index (χ2n) is 5.95. The smallest absolute Gasteiger partial charge is 0.226 e. The zero-order valence-corrected chi connectivity index (χ0v) is 12.9. The summed E-state index contributed by atoms with van der Waals surface area (Å²) in [5.41, 5.74) is 3.88. The van der Waals surface area contributed by atoms with Crippen molar-refractivity contribution in [3.63, 3.8) is 0 Å². The number of piperazine rings is 1. The highest BCUT2D eigenvalue weighted by molar-refractivity contribution is 5.95. The largest absolute Gasteiger partial charge is 0.314 e. The van der Waals surface area contributed by atoms with Crippen molar-refractivity contribution in [2.24, 2.45) is 0 Å². The highest BCUT2D eigenvalue weighted by atomic mass is 16.2. The van der Waals surface area contributed by atoms with Gasteiger partial charge in [0.15, 0.2) is 0 Å². The van der Waals surface area contributed by atoms with Crippen LogP contribution in [0.1, 0.15) is 24.5 Å². The summed E-state index contributed by atoms with van der Waals surface area (Å²) >= 11 is 0. The standard InChI is InChI=1S/C17H25N3O/c1-2-17(21)20-10-6-15-13-14(3-4-16(15)20)5-9-19-11-7-18-8-12-19/h3-4,13,18H,2,5-12H2,1H3. The lowest BCUT2D eigenvalue weighted by atomic mass is 10.1. The molecule has 3 rings (SSSR count). The van der Waals surface area contributed by atoms with Gasteiger partial charge in [-0.15, -0.1) is 0 Å². The Kier molecular flexibility index (Phi) is 4.56. The van der Waals surface area contributed by atoms with Gasteiger partial charge >= 0.3 is 0 Å². The summed E-state index contributed by atoms with van der Waals surface area (Å²) in [6.07, 6.45) is 2.70. The second-order valence-corrected chi connectivity index (χ2v) is 5.95. The van der Waals surface area contributed by atoms with Crippen molar-refractivity contribution in [2.75, 3.05) is 44.2 Å².